The predicted octanol–water partition coefficient (Wildman–Crippen LogP) is 3.63. The van der Waals surface area contributed by atoms with E-state index in [2.05, 4.69) is 45.3 Å². The average Bonchev–Trinajstić information content (AvgIpc) is 2.98. The van der Waals surface area contributed by atoms with E-state index in [-0.39, 0.29) is 0 Å². The van der Waals surface area contributed by atoms with Crippen molar-refractivity contribution >= 4 is 22.0 Å². The Morgan fingerprint density at radius 2 is 2.20 bits per heavy atom. The number of methoxy groups -OCH3 is 1. The second kappa shape index (κ2) is 5.17. The Kier molecular flexibility index (Phi) is 3.36. The quantitative estimate of drug-likeness (QED) is 0.796. The lowest BCUT2D eigenvalue weighted by Gasteiger charge is -2.12. The van der Waals surface area contributed by atoms with Crippen molar-refractivity contribution in [3.05, 3.63) is 46.7 Å². The van der Waals surface area contributed by atoms with Crippen molar-refractivity contribution in [3.63, 3.8) is 0 Å². The van der Waals surface area contributed by atoms with E-state index in [1.807, 2.05) is 13.0 Å². The van der Waals surface area contributed by atoms with Gasteiger partial charge in [-0.05, 0) is 31.5 Å². The molecule has 0 unspecified atom stereocenters. The Morgan fingerprint density at radius 3 is 3.00 bits per heavy atom. The number of rotatable bonds is 4. The van der Waals surface area contributed by atoms with Crippen molar-refractivity contribution in [2.45, 2.75) is 20.4 Å². The molecular weight excluding hydrogens is 270 g/mol. The van der Waals surface area contributed by atoms with Gasteiger partial charge in [-0.15, -0.1) is 11.3 Å². The second-order valence-corrected chi connectivity index (χ2v) is 5.63. The number of imidazole rings is 1. The van der Waals surface area contributed by atoms with Crippen LogP contribution >= 0.6 is 11.3 Å². The molecule has 0 fully saturated rings. The molecule has 0 amide bonds. The third-order valence-corrected chi connectivity index (χ3v) is 4.12. The maximum Gasteiger partial charge on any atom is 0.194 e. The molecule has 0 spiro atoms. The maximum atomic E-state index is 5.42. The van der Waals surface area contributed by atoms with Crippen LogP contribution in [0.15, 0.2) is 29.8 Å². The van der Waals surface area contributed by atoms with E-state index in [4.69, 9.17) is 4.74 Å². The van der Waals surface area contributed by atoms with E-state index in [0.29, 0.717) is 0 Å². The minimum Gasteiger partial charge on any atom is -0.495 e. The zero-order valence-electron chi connectivity index (χ0n) is 11.8. The smallest absolute Gasteiger partial charge is 0.194 e. The highest BCUT2D eigenvalue weighted by Crippen LogP contribution is 2.26. The number of hydrogen-bond donors (Lipinski definition) is 1. The summed E-state index contributed by atoms with van der Waals surface area (Å²) < 4.78 is 7.55. The van der Waals surface area contributed by atoms with Gasteiger partial charge >= 0.3 is 0 Å². The van der Waals surface area contributed by atoms with E-state index in [9.17, 15) is 0 Å². The van der Waals surface area contributed by atoms with Gasteiger partial charge < -0.3 is 10.1 Å². The van der Waals surface area contributed by atoms with Crippen LogP contribution in [0.5, 0.6) is 5.75 Å². The summed E-state index contributed by atoms with van der Waals surface area (Å²) in [6.45, 7) is 4.83. The van der Waals surface area contributed by atoms with E-state index >= 15 is 0 Å². The number of nitrogens with zero attached hydrogens (tertiary/aromatic N) is 2. The number of aromatic nitrogens is 2. The molecule has 0 aliphatic rings. The van der Waals surface area contributed by atoms with Gasteiger partial charge in [0.25, 0.3) is 0 Å². The zero-order chi connectivity index (χ0) is 14.1. The first-order valence-corrected chi connectivity index (χ1v) is 7.36. The van der Waals surface area contributed by atoms with Crippen LogP contribution in [0, 0.1) is 13.8 Å². The third-order valence-electron chi connectivity index (χ3n) is 3.36. The number of hydrogen-bond acceptors (Lipinski definition) is 4. The monoisotopic (exact) mass is 287 g/mol. The molecule has 3 aromatic rings. The third kappa shape index (κ3) is 2.25. The Labute approximate surface area is 122 Å². The average molecular weight is 287 g/mol. The molecule has 2 heterocycles. The fraction of sp³-hybridized carbons (Fsp3) is 0.267. The van der Waals surface area contributed by atoms with Crippen LogP contribution in [0.3, 0.4) is 0 Å². The highest BCUT2D eigenvalue weighted by Gasteiger charge is 2.10. The molecular formula is C15H17N3OS. The van der Waals surface area contributed by atoms with Gasteiger partial charge in [-0.1, -0.05) is 6.07 Å². The Bertz CT molecular complexity index is 745. The first-order valence-electron chi connectivity index (χ1n) is 6.48. The SMILES string of the molecule is COc1cc(C)ccc1NCc1c(C)nc2sccn12. The summed E-state index contributed by atoms with van der Waals surface area (Å²) in [6.07, 6.45) is 2.06. The summed E-state index contributed by atoms with van der Waals surface area (Å²) in [5.74, 6) is 0.869. The Hall–Kier alpha value is -2.01. The summed E-state index contributed by atoms with van der Waals surface area (Å²) in [5, 5.41) is 5.49. The lowest BCUT2D eigenvalue weighted by Crippen LogP contribution is -2.05. The molecule has 2 aromatic heterocycles. The van der Waals surface area contributed by atoms with Gasteiger partial charge in [-0.3, -0.25) is 4.40 Å². The van der Waals surface area contributed by atoms with Crippen LogP contribution < -0.4 is 10.1 Å². The largest absolute Gasteiger partial charge is 0.495 e. The van der Waals surface area contributed by atoms with Gasteiger partial charge in [0.05, 0.1) is 30.7 Å². The molecule has 0 saturated heterocycles. The first-order chi connectivity index (χ1) is 9.69. The van der Waals surface area contributed by atoms with Crippen LogP contribution in [0.25, 0.3) is 4.96 Å². The summed E-state index contributed by atoms with van der Waals surface area (Å²) in [5.41, 5.74) is 4.44. The minimum absolute atomic E-state index is 0.725. The summed E-state index contributed by atoms with van der Waals surface area (Å²) in [6, 6.07) is 6.16. The van der Waals surface area contributed by atoms with Gasteiger partial charge in [0, 0.05) is 11.6 Å². The number of ether oxygens (including phenoxy) is 1. The van der Waals surface area contributed by atoms with Crippen molar-refractivity contribution in [1.29, 1.82) is 0 Å². The molecule has 1 N–H and O–H groups in total. The number of aryl methyl sites for hydroxylation is 2. The minimum atomic E-state index is 0.725. The molecule has 0 bridgehead atoms. The maximum absolute atomic E-state index is 5.42. The highest BCUT2D eigenvalue weighted by atomic mass is 32.1. The van der Waals surface area contributed by atoms with Crippen LogP contribution in [-0.2, 0) is 6.54 Å². The van der Waals surface area contributed by atoms with Crippen molar-refractivity contribution in [2.75, 3.05) is 12.4 Å². The van der Waals surface area contributed by atoms with Crippen molar-refractivity contribution < 1.29 is 4.74 Å². The molecule has 4 nitrogen and oxygen atoms in total. The Balaban J connectivity index is 1.86. The highest BCUT2D eigenvalue weighted by molar-refractivity contribution is 7.15. The van der Waals surface area contributed by atoms with E-state index in [1.54, 1.807) is 18.4 Å². The lowest BCUT2D eigenvalue weighted by atomic mass is 10.2. The van der Waals surface area contributed by atoms with E-state index in [0.717, 1.165) is 28.6 Å². The molecule has 104 valence electrons. The summed E-state index contributed by atoms with van der Waals surface area (Å²) in [4.78, 5) is 5.59. The molecule has 20 heavy (non-hydrogen) atoms. The molecule has 5 heteroatoms. The van der Waals surface area contributed by atoms with Gasteiger partial charge in [0.2, 0.25) is 0 Å². The van der Waals surface area contributed by atoms with E-state index in [1.165, 1.54) is 11.3 Å². The standard InChI is InChI=1S/C15H17N3OS/c1-10-4-5-12(14(8-10)19-3)16-9-13-11(2)17-15-18(13)6-7-20-15/h4-8,16H,9H2,1-3H3. The number of thiazole rings is 1. The zero-order valence-corrected chi connectivity index (χ0v) is 12.6. The van der Waals surface area contributed by atoms with Gasteiger partial charge in [-0.2, -0.15) is 0 Å². The van der Waals surface area contributed by atoms with Gasteiger partial charge in [-0.25, -0.2) is 4.98 Å². The topological polar surface area (TPSA) is 38.6 Å². The molecule has 0 radical (unpaired) electrons. The van der Waals surface area contributed by atoms with Crippen molar-refractivity contribution in [3.8, 4) is 5.75 Å². The van der Waals surface area contributed by atoms with E-state index < -0.39 is 0 Å². The number of fused-ring (bicyclic) bond motifs is 1. The molecule has 0 aliphatic heterocycles. The summed E-state index contributed by atoms with van der Waals surface area (Å²) >= 11 is 1.65. The lowest BCUT2D eigenvalue weighted by molar-refractivity contribution is 0.416. The van der Waals surface area contributed by atoms with Crippen LogP contribution in [0.2, 0.25) is 0 Å². The van der Waals surface area contributed by atoms with Gasteiger partial charge in [0.1, 0.15) is 5.75 Å². The second-order valence-electron chi connectivity index (χ2n) is 4.76. The molecule has 0 saturated carbocycles. The normalized spacial score (nSPS) is 10.9. The van der Waals surface area contributed by atoms with Gasteiger partial charge in [0.15, 0.2) is 4.96 Å². The van der Waals surface area contributed by atoms with Crippen molar-refractivity contribution in [1.82, 2.24) is 9.38 Å². The predicted molar refractivity (Wildman–Crippen MR) is 82.9 cm³/mol. The molecule has 0 aliphatic carbocycles. The molecule has 3 rings (SSSR count). The molecule has 1 aromatic carbocycles. The number of anilines is 1. The van der Waals surface area contributed by atoms with Crippen molar-refractivity contribution in [2.24, 2.45) is 0 Å². The first kappa shape index (κ1) is 13.0. The fourth-order valence-corrected chi connectivity index (χ4v) is 3.06. The summed E-state index contributed by atoms with van der Waals surface area (Å²) in [7, 11) is 1.70. The van der Waals surface area contributed by atoms with Crippen LogP contribution in [-0.4, -0.2) is 16.5 Å². The fourth-order valence-electron chi connectivity index (χ4n) is 2.28. The van der Waals surface area contributed by atoms with Crippen LogP contribution in [0.4, 0.5) is 5.69 Å². The number of benzene rings is 1. The molecule has 0 atom stereocenters. The Morgan fingerprint density at radius 1 is 1.35 bits per heavy atom. The number of nitrogens with one attached hydrogen (secondary N) is 1. The van der Waals surface area contributed by atoms with Crippen LogP contribution in [0.1, 0.15) is 17.0 Å².